The van der Waals surface area contributed by atoms with Gasteiger partial charge in [0.1, 0.15) is 0 Å². The van der Waals surface area contributed by atoms with E-state index in [9.17, 15) is 14.2 Å². The van der Waals surface area contributed by atoms with Crippen molar-refractivity contribution in [3.63, 3.8) is 0 Å². The van der Waals surface area contributed by atoms with Gasteiger partial charge in [-0.05, 0) is 18.1 Å². The van der Waals surface area contributed by atoms with Crippen LogP contribution in [0.2, 0.25) is 18.1 Å². The van der Waals surface area contributed by atoms with Gasteiger partial charge in [-0.2, -0.15) is 4.98 Å². The summed E-state index contributed by atoms with van der Waals surface area (Å²) in [6, 6.07) is 0. The van der Waals surface area contributed by atoms with E-state index < -0.39 is 28.1 Å². The van der Waals surface area contributed by atoms with Gasteiger partial charge in [-0.1, -0.05) is 34.6 Å². The van der Waals surface area contributed by atoms with E-state index in [0.717, 1.165) is 0 Å². The van der Waals surface area contributed by atoms with Gasteiger partial charge in [0.25, 0.3) is 5.56 Å². The molecule has 1 saturated heterocycles. The summed E-state index contributed by atoms with van der Waals surface area (Å²) in [7, 11) is -4.29. The van der Waals surface area contributed by atoms with Crippen molar-refractivity contribution in [3.8, 4) is 0 Å². The van der Waals surface area contributed by atoms with Crippen molar-refractivity contribution in [3.05, 3.63) is 16.7 Å². The van der Waals surface area contributed by atoms with Crippen molar-refractivity contribution in [1.29, 1.82) is 0 Å². The molecular weight excluding hydrogens is 477 g/mol. The highest BCUT2D eigenvalue weighted by Gasteiger charge is 2.45. The lowest BCUT2D eigenvalue weighted by Gasteiger charge is -2.39. The van der Waals surface area contributed by atoms with Crippen LogP contribution in [0, 0.1) is 5.92 Å². The van der Waals surface area contributed by atoms with Crippen LogP contribution in [-0.4, -0.2) is 59.2 Å². The number of fused-ring (bicyclic) bond motifs is 1. The summed E-state index contributed by atoms with van der Waals surface area (Å²) in [5, 5.41) is 2.60. The van der Waals surface area contributed by atoms with Crippen molar-refractivity contribution in [2.75, 3.05) is 18.6 Å². The Balaban J connectivity index is 1.99. The first-order valence-electron chi connectivity index (χ1n) is 11.4. The van der Waals surface area contributed by atoms with Crippen LogP contribution in [-0.2, 0) is 23.0 Å². The Labute approximate surface area is 201 Å². The lowest BCUT2D eigenvalue weighted by Crippen LogP contribution is -2.45. The number of ether oxygens (including phenoxy) is 1. The fourth-order valence-corrected chi connectivity index (χ4v) is 5.12. The number of anilines is 1. The van der Waals surface area contributed by atoms with E-state index in [-0.39, 0.29) is 52.8 Å². The molecule has 11 nitrogen and oxygen atoms in total. The number of aromatic nitrogens is 4. The number of imidazole rings is 1. The number of carbonyl (C=O) groups is 1. The Hall–Kier alpha value is -1.85. The van der Waals surface area contributed by atoms with Crippen LogP contribution in [0.15, 0.2) is 11.1 Å². The number of carbonyl (C=O) groups excluding carboxylic acids is 1. The normalized spacial score (nSPS) is 22.4. The number of aromatic amines is 1. The molecule has 1 aliphatic heterocycles. The van der Waals surface area contributed by atoms with Crippen molar-refractivity contribution >= 4 is 39.4 Å². The number of nitrogens with one attached hydrogen (secondary N) is 2. The Bertz CT molecular complexity index is 1130. The number of hydrogen-bond acceptors (Lipinski definition) is 8. The minimum atomic E-state index is -2.18. The summed E-state index contributed by atoms with van der Waals surface area (Å²) < 4.78 is 31.5. The molecule has 1 fully saturated rings. The van der Waals surface area contributed by atoms with Crippen LogP contribution in [0.1, 0.15) is 47.3 Å². The molecule has 0 aliphatic carbocycles. The first kappa shape index (κ1) is 26.7. The summed E-state index contributed by atoms with van der Waals surface area (Å²) in [6.45, 7) is 16.0. The topological polar surface area (TPSA) is 137 Å². The molecule has 0 radical (unpaired) electrons. The average molecular weight is 514 g/mol. The van der Waals surface area contributed by atoms with Crippen LogP contribution >= 0.6 is 8.03 Å². The Morgan fingerprint density at radius 2 is 2.09 bits per heavy atom. The lowest BCUT2D eigenvalue weighted by molar-refractivity contribution is -0.118. The molecule has 1 amide bonds. The maximum atomic E-state index is 12.6. The van der Waals surface area contributed by atoms with Crippen molar-refractivity contribution in [1.82, 2.24) is 19.5 Å². The molecule has 0 saturated carbocycles. The van der Waals surface area contributed by atoms with Gasteiger partial charge in [-0.3, -0.25) is 29.0 Å². The molecule has 1 aliphatic rings. The molecule has 0 spiro atoms. The number of amides is 1. The predicted octanol–water partition coefficient (Wildman–Crippen LogP) is 3.51. The Morgan fingerprint density at radius 1 is 1.41 bits per heavy atom. The van der Waals surface area contributed by atoms with E-state index in [2.05, 4.69) is 54.1 Å². The van der Waals surface area contributed by atoms with Crippen LogP contribution in [0.5, 0.6) is 0 Å². The molecule has 0 bridgehead atoms. The van der Waals surface area contributed by atoms with Gasteiger partial charge in [-0.15, -0.1) is 0 Å². The molecule has 2 N–H and O–H groups in total. The SMILES string of the molecule is CC(C)C(=O)Nc1nc2c(ncn2[C@@H]2O[C@H](CO[PH](C)=O)CC2O[Si](C)(C)C(C)(C)C)c(=O)[nH]1. The van der Waals surface area contributed by atoms with E-state index in [1.54, 1.807) is 18.4 Å². The second kappa shape index (κ2) is 10.0. The van der Waals surface area contributed by atoms with E-state index >= 15 is 0 Å². The van der Waals surface area contributed by atoms with Gasteiger partial charge in [0.2, 0.25) is 11.9 Å². The van der Waals surface area contributed by atoms with E-state index in [4.69, 9.17) is 13.7 Å². The monoisotopic (exact) mass is 513 g/mol. The Kier molecular flexibility index (Phi) is 7.88. The van der Waals surface area contributed by atoms with Crippen molar-refractivity contribution in [2.45, 2.75) is 77.6 Å². The van der Waals surface area contributed by atoms with Gasteiger partial charge in [0, 0.05) is 19.0 Å². The van der Waals surface area contributed by atoms with Gasteiger partial charge < -0.3 is 13.7 Å². The molecule has 0 aromatic carbocycles. The smallest absolute Gasteiger partial charge is 0.280 e. The van der Waals surface area contributed by atoms with E-state index in [0.29, 0.717) is 6.42 Å². The second-order valence-electron chi connectivity index (χ2n) is 10.5. The largest absolute Gasteiger partial charge is 0.409 e. The standard InChI is InChI=1S/C21H36N5O6PSi/c1-12(2)17(27)24-20-23-16-15(18(28)25-20)22-11-26(16)19-14(32-34(7,8)21(3,4)5)9-13(31-19)10-30-33(6)29/h11-14,19,33H,9-10H2,1-8H3,(H2,23,24,25,27,28)/t13-,14?,19+/m0/s1. The molecule has 4 atom stereocenters. The molecule has 3 heterocycles. The number of H-pyrrole nitrogens is 1. The quantitative estimate of drug-likeness (QED) is 0.404. The highest BCUT2D eigenvalue weighted by atomic mass is 31.1. The number of nitrogens with zero attached hydrogens (tertiary/aromatic N) is 3. The molecule has 3 rings (SSSR count). The Morgan fingerprint density at radius 3 is 2.68 bits per heavy atom. The summed E-state index contributed by atoms with van der Waals surface area (Å²) >= 11 is 0. The second-order valence-corrected chi connectivity index (χ2v) is 16.5. The number of rotatable bonds is 8. The third kappa shape index (κ3) is 5.85. The predicted molar refractivity (Wildman–Crippen MR) is 133 cm³/mol. The molecule has 2 unspecified atom stereocenters. The molecule has 34 heavy (non-hydrogen) atoms. The molecular formula is C21H36N5O6PSi. The van der Waals surface area contributed by atoms with Crippen LogP contribution in [0.4, 0.5) is 5.95 Å². The zero-order valence-corrected chi connectivity index (χ0v) is 23.1. The highest BCUT2D eigenvalue weighted by molar-refractivity contribution is 7.38. The molecule has 2 aromatic rings. The average Bonchev–Trinajstić information content (AvgIpc) is 3.29. The summed E-state index contributed by atoms with van der Waals surface area (Å²) in [5.41, 5.74) is -0.0510. The van der Waals surface area contributed by atoms with Crippen molar-refractivity contribution in [2.24, 2.45) is 5.92 Å². The van der Waals surface area contributed by atoms with E-state index in [1.807, 2.05) is 0 Å². The highest BCUT2D eigenvalue weighted by Crippen LogP contribution is 2.42. The molecule has 13 heteroatoms. The van der Waals surface area contributed by atoms with Crippen LogP contribution in [0.25, 0.3) is 11.2 Å². The lowest BCUT2D eigenvalue weighted by atomic mass is 10.2. The summed E-state index contributed by atoms with van der Waals surface area (Å²) in [5.74, 6) is -0.502. The van der Waals surface area contributed by atoms with Crippen molar-refractivity contribution < 1.29 is 23.0 Å². The fourth-order valence-electron chi connectivity index (χ4n) is 3.37. The summed E-state index contributed by atoms with van der Waals surface area (Å²) in [6.07, 6.45) is 0.731. The van der Waals surface area contributed by atoms with Gasteiger partial charge >= 0.3 is 0 Å². The number of hydrogen-bond donors (Lipinski definition) is 2. The minimum absolute atomic E-state index is 0.0263. The third-order valence-corrected chi connectivity index (χ3v) is 11.4. The van der Waals surface area contributed by atoms with Gasteiger partial charge in [-0.25, -0.2) is 4.98 Å². The zero-order chi connectivity index (χ0) is 25.4. The fraction of sp³-hybridized carbons (Fsp3) is 0.714. The minimum Gasteiger partial charge on any atom is -0.409 e. The first-order valence-corrected chi connectivity index (χ1v) is 16.2. The van der Waals surface area contributed by atoms with Gasteiger partial charge in [0.05, 0.1) is 25.1 Å². The zero-order valence-electron chi connectivity index (χ0n) is 21.1. The van der Waals surface area contributed by atoms with Gasteiger partial charge in [0.15, 0.2) is 33.7 Å². The van der Waals surface area contributed by atoms with E-state index in [1.165, 1.54) is 13.0 Å². The first-order chi connectivity index (χ1) is 15.7. The van der Waals surface area contributed by atoms with Crippen LogP contribution in [0.3, 0.4) is 0 Å². The third-order valence-electron chi connectivity index (χ3n) is 6.34. The maximum absolute atomic E-state index is 12.6. The maximum Gasteiger partial charge on any atom is 0.280 e. The van der Waals surface area contributed by atoms with Crippen LogP contribution < -0.4 is 10.9 Å². The molecule has 2 aromatic heterocycles. The molecule has 190 valence electrons. The summed E-state index contributed by atoms with van der Waals surface area (Å²) in [4.78, 5) is 36.0.